The summed E-state index contributed by atoms with van der Waals surface area (Å²) in [6.07, 6.45) is 1.43. The number of carbonyl (C=O) groups is 1. The molecule has 2 rings (SSSR count). The lowest BCUT2D eigenvalue weighted by Crippen LogP contribution is -2.12. The number of halogens is 1. The van der Waals surface area contributed by atoms with Crippen LogP contribution in [0.15, 0.2) is 24.5 Å². The highest BCUT2D eigenvalue weighted by molar-refractivity contribution is 6.33. The highest BCUT2D eigenvalue weighted by Crippen LogP contribution is 2.20. The molecule has 0 atom stereocenters. The van der Waals surface area contributed by atoms with Gasteiger partial charge in [-0.3, -0.25) is 0 Å². The van der Waals surface area contributed by atoms with E-state index in [2.05, 4.69) is 10.1 Å². The lowest BCUT2D eigenvalue weighted by molar-refractivity contribution is 0.0455. The molecule has 2 N–H and O–H groups in total. The number of aromatic nitrogens is 3. The molecule has 106 valence electrons. The van der Waals surface area contributed by atoms with Crippen molar-refractivity contribution in [2.24, 2.45) is 0 Å². The zero-order chi connectivity index (χ0) is 14.7. The third-order valence-corrected chi connectivity index (χ3v) is 3.04. The fraction of sp³-hybridized carbons (Fsp3) is 0.308. The van der Waals surface area contributed by atoms with Crippen LogP contribution < -0.4 is 5.73 Å². The molecule has 1 heterocycles. The molecular weight excluding hydrogens is 280 g/mol. The van der Waals surface area contributed by atoms with Crippen molar-refractivity contribution < 1.29 is 9.53 Å². The summed E-state index contributed by atoms with van der Waals surface area (Å²) in [6, 6.07) is 4.76. The molecule has 0 saturated heterocycles. The molecule has 20 heavy (non-hydrogen) atoms. The number of nitrogens with zero attached hydrogens (tertiary/aromatic N) is 3. The molecule has 0 aliphatic rings. The predicted molar refractivity (Wildman–Crippen MR) is 75.4 cm³/mol. The Hall–Kier alpha value is -2.08. The Labute approximate surface area is 121 Å². The second-order valence-corrected chi connectivity index (χ2v) is 4.93. The van der Waals surface area contributed by atoms with Gasteiger partial charge >= 0.3 is 5.97 Å². The first-order valence-electron chi connectivity index (χ1n) is 6.09. The fourth-order valence-electron chi connectivity index (χ4n) is 1.69. The molecule has 0 spiro atoms. The van der Waals surface area contributed by atoms with Crippen LogP contribution in [-0.2, 0) is 11.3 Å². The molecular formula is C13H15ClN4O2. The molecule has 1 aromatic carbocycles. The summed E-state index contributed by atoms with van der Waals surface area (Å²) in [6.45, 7) is 4.00. The monoisotopic (exact) mass is 294 g/mol. The van der Waals surface area contributed by atoms with Crippen LogP contribution in [0.4, 0.5) is 5.69 Å². The van der Waals surface area contributed by atoms with Gasteiger partial charge in [0.15, 0.2) is 12.4 Å². The zero-order valence-corrected chi connectivity index (χ0v) is 12.0. The highest BCUT2D eigenvalue weighted by Gasteiger charge is 2.13. The van der Waals surface area contributed by atoms with E-state index >= 15 is 0 Å². The Kier molecular flexibility index (Phi) is 4.24. The summed E-state index contributed by atoms with van der Waals surface area (Å²) in [5.41, 5.74) is 6.34. The minimum Gasteiger partial charge on any atom is -0.454 e. The maximum absolute atomic E-state index is 11.9. The second-order valence-electron chi connectivity index (χ2n) is 4.53. The zero-order valence-electron chi connectivity index (χ0n) is 11.2. The van der Waals surface area contributed by atoms with E-state index in [4.69, 9.17) is 22.1 Å². The van der Waals surface area contributed by atoms with E-state index in [1.807, 2.05) is 13.8 Å². The summed E-state index contributed by atoms with van der Waals surface area (Å²) < 4.78 is 6.90. The van der Waals surface area contributed by atoms with Gasteiger partial charge in [-0.05, 0) is 32.0 Å². The van der Waals surface area contributed by atoms with Crippen LogP contribution in [0.5, 0.6) is 0 Å². The molecule has 7 heteroatoms. The lowest BCUT2D eigenvalue weighted by Gasteiger charge is -2.10. The first-order valence-corrected chi connectivity index (χ1v) is 6.47. The Morgan fingerprint density at radius 1 is 1.50 bits per heavy atom. The summed E-state index contributed by atoms with van der Waals surface area (Å²) in [7, 11) is 0. The van der Waals surface area contributed by atoms with E-state index in [1.54, 1.807) is 16.8 Å². The number of anilines is 1. The van der Waals surface area contributed by atoms with E-state index in [0.29, 0.717) is 22.1 Å². The summed E-state index contributed by atoms with van der Waals surface area (Å²) in [4.78, 5) is 16.0. The molecule has 0 aliphatic heterocycles. The number of hydrogen-bond donors (Lipinski definition) is 1. The second kappa shape index (κ2) is 5.92. The van der Waals surface area contributed by atoms with Gasteiger partial charge in [0.25, 0.3) is 0 Å². The number of nitrogens with two attached hydrogens (primary N) is 1. The van der Waals surface area contributed by atoms with Crippen molar-refractivity contribution in [1.82, 2.24) is 14.8 Å². The van der Waals surface area contributed by atoms with Crippen LogP contribution in [0, 0.1) is 0 Å². The van der Waals surface area contributed by atoms with Crippen molar-refractivity contribution in [2.45, 2.75) is 26.5 Å². The normalized spacial score (nSPS) is 10.8. The fourth-order valence-corrected chi connectivity index (χ4v) is 1.81. The molecule has 6 nitrogen and oxygen atoms in total. The van der Waals surface area contributed by atoms with Gasteiger partial charge in [-0.15, -0.1) is 0 Å². The maximum atomic E-state index is 11.9. The van der Waals surface area contributed by atoms with Gasteiger partial charge in [0, 0.05) is 6.04 Å². The van der Waals surface area contributed by atoms with Crippen LogP contribution >= 0.6 is 11.6 Å². The molecule has 0 unspecified atom stereocenters. The van der Waals surface area contributed by atoms with Crippen molar-refractivity contribution in [3.05, 3.63) is 40.9 Å². The van der Waals surface area contributed by atoms with Crippen LogP contribution in [-0.4, -0.2) is 20.7 Å². The Morgan fingerprint density at radius 2 is 2.25 bits per heavy atom. The molecule has 0 radical (unpaired) electrons. The number of hydrogen-bond acceptors (Lipinski definition) is 5. The smallest absolute Gasteiger partial charge is 0.338 e. The van der Waals surface area contributed by atoms with Crippen molar-refractivity contribution in [3.8, 4) is 0 Å². The maximum Gasteiger partial charge on any atom is 0.338 e. The molecule has 2 aromatic rings. The van der Waals surface area contributed by atoms with Crippen molar-refractivity contribution >= 4 is 23.3 Å². The number of esters is 1. The van der Waals surface area contributed by atoms with E-state index in [1.165, 1.54) is 12.4 Å². The van der Waals surface area contributed by atoms with Crippen LogP contribution in [0.2, 0.25) is 5.02 Å². The lowest BCUT2D eigenvalue weighted by atomic mass is 10.2. The molecule has 0 aliphatic carbocycles. The SMILES string of the molecule is CC(C)n1ncnc1COC(=O)c1ccc(Cl)c(N)c1. The molecule has 0 fully saturated rings. The Bertz CT molecular complexity index is 625. The van der Waals surface area contributed by atoms with Crippen LogP contribution in [0.25, 0.3) is 0 Å². The van der Waals surface area contributed by atoms with Gasteiger partial charge in [-0.25, -0.2) is 14.5 Å². The summed E-state index contributed by atoms with van der Waals surface area (Å²) in [5, 5.41) is 4.47. The number of carbonyl (C=O) groups excluding carboxylic acids is 1. The number of benzene rings is 1. The standard InChI is InChI=1S/C13H15ClN4O2/c1-8(2)18-12(16-7-17-18)6-20-13(19)9-3-4-10(14)11(15)5-9/h3-5,7-8H,6,15H2,1-2H3. The highest BCUT2D eigenvalue weighted by atomic mass is 35.5. The summed E-state index contributed by atoms with van der Waals surface area (Å²) >= 11 is 5.80. The van der Waals surface area contributed by atoms with Gasteiger partial charge in [0.1, 0.15) is 6.33 Å². The van der Waals surface area contributed by atoms with E-state index in [9.17, 15) is 4.79 Å². The quantitative estimate of drug-likeness (QED) is 0.692. The average molecular weight is 295 g/mol. The van der Waals surface area contributed by atoms with E-state index < -0.39 is 5.97 Å². The largest absolute Gasteiger partial charge is 0.454 e. The predicted octanol–water partition coefficient (Wildman–Crippen LogP) is 2.45. The molecule has 1 aromatic heterocycles. The minimum atomic E-state index is -0.480. The van der Waals surface area contributed by atoms with Crippen LogP contribution in [0.3, 0.4) is 0 Å². The van der Waals surface area contributed by atoms with Gasteiger partial charge in [-0.1, -0.05) is 11.6 Å². The van der Waals surface area contributed by atoms with Crippen molar-refractivity contribution in [3.63, 3.8) is 0 Å². The first kappa shape index (κ1) is 14.3. The third-order valence-electron chi connectivity index (χ3n) is 2.70. The van der Waals surface area contributed by atoms with Gasteiger partial charge in [-0.2, -0.15) is 5.10 Å². The van der Waals surface area contributed by atoms with Gasteiger partial charge in [0.05, 0.1) is 16.3 Å². The molecule has 0 amide bonds. The topological polar surface area (TPSA) is 83.0 Å². The van der Waals surface area contributed by atoms with E-state index in [0.717, 1.165) is 0 Å². The van der Waals surface area contributed by atoms with Crippen molar-refractivity contribution in [2.75, 3.05) is 5.73 Å². The van der Waals surface area contributed by atoms with Crippen LogP contribution in [0.1, 0.15) is 36.1 Å². The minimum absolute atomic E-state index is 0.0551. The molecule has 0 bridgehead atoms. The van der Waals surface area contributed by atoms with Gasteiger partial charge < -0.3 is 10.5 Å². The Morgan fingerprint density at radius 3 is 2.90 bits per heavy atom. The Balaban J connectivity index is 2.05. The number of nitrogen functional groups attached to an aromatic ring is 1. The number of ether oxygens (including phenoxy) is 1. The van der Waals surface area contributed by atoms with Crippen molar-refractivity contribution in [1.29, 1.82) is 0 Å². The first-order chi connectivity index (χ1) is 9.49. The number of rotatable bonds is 4. The average Bonchev–Trinajstić information content (AvgIpc) is 2.87. The summed E-state index contributed by atoms with van der Waals surface area (Å²) in [5.74, 6) is 0.113. The van der Waals surface area contributed by atoms with E-state index in [-0.39, 0.29) is 12.6 Å². The van der Waals surface area contributed by atoms with Gasteiger partial charge in [0.2, 0.25) is 0 Å². The molecule has 0 saturated carbocycles. The third kappa shape index (κ3) is 3.08.